The zero-order valence-electron chi connectivity index (χ0n) is 16.3. The topological polar surface area (TPSA) is 58.6 Å². The second-order valence-electron chi connectivity index (χ2n) is 7.88. The summed E-state index contributed by atoms with van der Waals surface area (Å²) in [7, 11) is 0. The van der Waals surface area contributed by atoms with Gasteiger partial charge in [0.2, 0.25) is 5.91 Å². The molecule has 156 valence electrons. The number of nitrogens with one attached hydrogen (secondary N) is 1. The molecule has 0 spiro atoms. The molecule has 0 bridgehead atoms. The molecule has 1 aliphatic carbocycles. The van der Waals surface area contributed by atoms with E-state index in [-0.39, 0.29) is 18.1 Å². The number of carbonyl (C=O) groups excluding carboxylic acids is 1. The highest BCUT2D eigenvalue weighted by atomic mass is 19.4. The molecule has 0 saturated heterocycles. The van der Waals surface area contributed by atoms with Gasteiger partial charge in [0.15, 0.2) is 6.61 Å². The third-order valence-corrected chi connectivity index (χ3v) is 5.10. The van der Waals surface area contributed by atoms with Crippen molar-refractivity contribution in [2.24, 2.45) is 0 Å². The lowest BCUT2D eigenvalue weighted by Gasteiger charge is -2.26. The van der Waals surface area contributed by atoms with Crippen LogP contribution >= 0.6 is 0 Å². The molecule has 4 nitrogen and oxygen atoms in total. The quantitative estimate of drug-likeness (QED) is 0.718. The first-order valence-corrected chi connectivity index (χ1v) is 9.40. The monoisotopic (exact) mass is 407 g/mol. The van der Waals surface area contributed by atoms with E-state index in [4.69, 9.17) is 4.74 Å². The number of rotatable bonds is 7. The molecule has 0 aromatic heterocycles. The van der Waals surface area contributed by atoms with Gasteiger partial charge in [-0.1, -0.05) is 42.0 Å². The van der Waals surface area contributed by atoms with Gasteiger partial charge in [0.25, 0.3) is 0 Å². The van der Waals surface area contributed by atoms with Crippen molar-refractivity contribution in [1.29, 1.82) is 0 Å². The van der Waals surface area contributed by atoms with Crippen LogP contribution in [0.5, 0.6) is 5.75 Å². The van der Waals surface area contributed by atoms with E-state index < -0.39 is 23.9 Å². The van der Waals surface area contributed by atoms with Crippen LogP contribution in [-0.4, -0.2) is 23.8 Å². The molecule has 7 heteroatoms. The Bertz CT molecular complexity index is 872. The Balaban J connectivity index is 1.66. The molecule has 29 heavy (non-hydrogen) atoms. The molecule has 0 aliphatic heterocycles. The van der Waals surface area contributed by atoms with Crippen LogP contribution < -0.4 is 10.1 Å². The Hall–Kier alpha value is -2.54. The molecular formula is C22H24F3NO3. The van der Waals surface area contributed by atoms with Crippen LogP contribution in [0, 0.1) is 6.92 Å². The Morgan fingerprint density at radius 3 is 2.41 bits per heavy atom. The third kappa shape index (κ3) is 5.50. The van der Waals surface area contributed by atoms with Gasteiger partial charge in [-0.2, -0.15) is 13.2 Å². The van der Waals surface area contributed by atoms with Crippen LogP contribution in [0.3, 0.4) is 0 Å². The van der Waals surface area contributed by atoms with Gasteiger partial charge in [-0.05, 0) is 49.9 Å². The number of carbonyl (C=O) groups is 1. The molecule has 1 amide bonds. The second kappa shape index (κ2) is 7.71. The molecule has 0 heterocycles. The summed E-state index contributed by atoms with van der Waals surface area (Å²) < 4.78 is 41.9. The molecule has 2 aromatic carbocycles. The van der Waals surface area contributed by atoms with Gasteiger partial charge in [0.05, 0.1) is 17.6 Å². The largest absolute Gasteiger partial charge is 0.484 e. The zero-order chi connectivity index (χ0) is 21.3. The molecule has 2 aromatic rings. The minimum absolute atomic E-state index is 0.104. The maximum Gasteiger partial charge on any atom is 0.422 e. The van der Waals surface area contributed by atoms with Gasteiger partial charge < -0.3 is 15.2 Å². The van der Waals surface area contributed by atoms with Crippen LogP contribution in [0.4, 0.5) is 13.2 Å². The normalized spacial score (nSPS) is 17.3. The van der Waals surface area contributed by atoms with Crippen molar-refractivity contribution in [3.63, 3.8) is 0 Å². The summed E-state index contributed by atoms with van der Waals surface area (Å²) in [6.45, 7) is 2.16. The van der Waals surface area contributed by atoms with E-state index in [9.17, 15) is 23.1 Å². The summed E-state index contributed by atoms with van der Waals surface area (Å²) in [6, 6.07) is 13.7. The molecule has 1 fully saturated rings. The van der Waals surface area contributed by atoms with E-state index in [2.05, 4.69) is 5.32 Å². The molecule has 0 radical (unpaired) electrons. The number of benzene rings is 2. The highest BCUT2D eigenvalue weighted by molar-refractivity contribution is 5.79. The fourth-order valence-electron chi connectivity index (χ4n) is 3.30. The van der Waals surface area contributed by atoms with Gasteiger partial charge in [0.1, 0.15) is 5.75 Å². The fraction of sp³-hybridized carbons (Fsp3) is 0.409. The Kier molecular flexibility index (Phi) is 5.63. The van der Waals surface area contributed by atoms with Gasteiger partial charge in [-0.25, -0.2) is 0 Å². The maximum absolute atomic E-state index is 12.6. The maximum atomic E-state index is 12.6. The first-order valence-electron chi connectivity index (χ1n) is 9.40. The van der Waals surface area contributed by atoms with E-state index in [1.54, 1.807) is 31.2 Å². The summed E-state index contributed by atoms with van der Waals surface area (Å²) in [5.74, 6) is -0.221. The van der Waals surface area contributed by atoms with E-state index in [1.807, 2.05) is 19.1 Å². The van der Waals surface area contributed by atoms with Crippen molar-refractivity contribution in [2.45, 2.75) is 50.4 Å². The van der Waals surface area contributed by atoms with Crippen LogP contribution in [0.25, 0.3) is 0 Å². The molecule has 2 N–H and O–H groups in total. The number of aryl methyl sites for hydroxylation is 1. The lowest BCUT2D eigenvalue weighted by Crippen LogP contribution is -2.39. The van der Waals surface area contributed by atoms with E-state index in [1.165, 1.54) is 12.1 Å². The first-order chi connectivity index (χ1) is 13.5. The third-order valence-electron chi connectivity index (χ3n) is 5.10. The Morgan fingerprint density at radius 1 is 1.17 bits per heavy atom. The average molecular weight is 407 g/mol. The molecule has 0 unspecified atom stereocenters. The first kappa shape index (κ1) is 21.2. The van der Waals surface area contributed by atoms with Crippen molar-refractivity contribution < 1.29 is 27.8 Å². The van der Waals surface area contributed by atoms with Crippen LogP contribution in [-0.2, 0) is 15.9 Å². The summed E-state index contributed by atoms with van der Waals surface area (Å²) in [4.78, 5) is 12.6. The van der Waals surface area contributed by atoms with Gasteiger partial charge >= 0.3 is 6.18 Å². The fourth-order valence-corrected chi connectivity index (χ4v) is 3.30. The second-order valence-corrected chi connectivity index (χ2v) is 7.88. The molecule has 3 rings (SSSR count). The zero-order valence-corrected chi connectivity index (χ0v) is 16.3. The highest BCUT2D eigenvalue weighted by Crippen LogP contribution is 2.46. The van der Waals surface area contributed by atoms with Crippen molar-refractivity contribution in [1.82, 2.24) is 5.32 Å². The number of amides is 1. The summed E-state index contributed by atoms with van der Waals surface area (Å²) in [6.07, 6.45) is -3.19. The van der Waals surface area contributed by atoms with Gasteiger partial charge in [-0.3, -0.25) is 4.79 Å². The van der Waals surface area contributed by atoms with E-state index in [0.29, 0.717) is 24.0 Å². The van der Waals surface area contributed by atoms with E-state index >= 15 is 0 Å². The minimum Gasteiger partial charge on any atom is -0.484 e. The Morgan fingerprint density at radius 2 is 1.83 bits per heavy atom. The van der Waals surface area contributed by atoms with Gasteiger partial charge in [0, 0.05) is 0 Å². The van der Waals surface area contributed by atoms with Gasteiger partial charge in [-0.15, -0.1) is 0 Å². The van der Waals surface area contributed by atoms with Crippen LogP contribution in [0.2, 0.25) is 0 Å². The Labute approximate surface area is 167 Å². The van der Waals surface area contributed by atoms with Crippen molar-refractivity contribution >= 4 is 5.91 Å². The molecule has 1 saturated carbocycles. The highest BCUT2D eigenvalue weighted by Gasteiger charge is 2.46. The predicted molar refractivity (Wildman–Crippen MR) is 102 cm³/mol. The summed E-state index contributed by atoms with van der Waals surface area (Å²) in [5.41, 5.74) is 0.438. The number of halogens is 3. The molecule has 1 aliphatic rings. The number of aliphatic hydroxyl groups is 1. The number of hydrogen-bond acceptors (Lipinski definition) is 3. The lowest BCUT2D eigenvalue weighted by molar-refractivity contribution is -0.153. The number of hydrogen-bond donors (Lipinski definition) is 2. The average Bonchev–Trinajstić information content (AvgIpc) is 3.40. The molecular weight excluding hydrogens is 383 g/mol. The standard InChI is InChI=1S/C22H24F3NO3/c1-15-6-8-16(9-7-15)20(2,28)13-19(27)26-21(10-11-21)17-4-3-5-18(12-17)29-14-22(23,24)25/h3-9,12,28H,10-11,13-14H2,1-2H3,(H,26,27)/t20-/m0/s1. The lowest BCUT2D eigenvalue weighted by atomic mass is 9.91. The predicted octanol–water partition coefficient (Wildman–Crippen LogP) is 4.34. The molecule has 1 atom stereocenters. The van der Waals surface area contributed by atoms with Crippen molar-refractivity contribution in [2.75, 3.05) is 6.61 Å². The smallest absolute Gasteiger partial charge is 0.422 e. The summed E-state index contributed by atoms with van der Waals surface area (Å²) in [5, 5.41) is 13.7. The van der Waals surface area contributed by atoms with Crippen LogP contribution in [0.15, 0.2) is 48.5 Å². The van der Waals surface area contributed by atoms with Crippen molar-refractivity contribution in [3.8, 4) is 5.75 Å². The minimum atomic E-state index is -4.41. The van der Waals surface area contributed by atoms with Crippen LogP contribution in [0.1, 0.15) is 42.9 Å². The van der Waals surface area contributed by atoms with Crippen molar-refractivity contribution in [3.05, 3.63) is 65.2 Å². The number of alkyl halides is 3. The summed E-state index contributed by atoms with van der Waals surface area (Å²) >= 11 is 0. The number of ether oxygens (including phenoxy) is 1. The van der Waals surface area contributed by atoms with E-state index in [0.717, 1.165) is 5.56 Å². The SMILES string of the molecule is Cc1ccc([C@@](C)(O)CC(=O)NC2(c3cccc(OCC(F)(F)F)c3)CC2)cc1.